The summed E-state index contributed by atoms with van der Waals surface area (Å²) >= 11 is 1.53. The lowest BCUT2D eigenvalue weighted by Gasteiger charge is -2.19. The highest BCUT2D eigenvalue weighted by molar-refractivity contribution is 7.07. The first-order valence-corrected chi connectivity index (χ1v) is 6.36. The molecule has 2 N–H and O–H groups in total. The van der Waals surface area contributed by atoms with Gasteiger partial charge in [0, 0.05) is 6.04 Å². The third-order valence-electron chi connectivity index (χ3n) is 2.40. The number of rotatable bonds is 5. The normalized spacial score (nSPS) is 15.2. The van der Waals surface area contributed by atoms with E-state index >= 15 is 0 Å². The molecule has 0 spiro atoms. The van der Waals surface area contributed by atoms with Crippen LogP contribution in [0.15, 0.2) is 16.8 Å². The molecule has 0 radical (unpaired) electrons. The molecule has 0 bridgehead atoms. The Labute approximate surface area is 107 Å². The second kappa shape index (κ2) is 6.19. The average Bonchev–Trinajstić information content (AvgIpc) is 2.77. The number of alkyl halides is 3. The van der Waals surface area contributed by atoms with Gasteiger partial charge < -0.3 is 5.32 Å². The van der Waals surface area contributed by atoms with Gasteiger partial charge in [0.15, 0.2) is 0 Å². The standard InChI is InChI=1S/C11H15F3N2OS/c1-7(9-3-4-18-5-9)16-8(2)10(17)15-6-11(12,13)14/h3-5,7-8,16H,6H2,1-2H3,(H,15,17). The van der Waals surface area contributed by atoms with Crippen molar-refractivity contribution >= 4 is 17.2 Å². The Morgan fingerprint density at radius 1 is 1.44 bits per heavy atom. The summed E-state index contributed by atoms with van der Waals surface area (Å²) in [6, 6.07) is 1.15. The van der Waals surface area contributed by atoms with Gasteiger partial charge in [0.25, 0.3) is 0 Å². The first kappa shape index (κ1) is 15.0. The van der Waals surface area contributed by atoms with E-state index in [1.807, 2.05) is 29.1 Å². The summed E-state index contributed by atoms with van der Waals surface area (Å²) in [5.41, 5.74) is 1.01. The summed E-state index contributed by atoms with van der Waals surface area (Å²) in [6.07, 6.45) is -4.38. The summed E-state index contributed by atoms with van der Waals surface area (Å²) in [7, 11) is 0. The zero-order valence-electron chi connectivity index (χ0n) is 10.0. The van der Waals surface area contributed by atoms with Crippen LogP contribution in [0.1, 0.15) is 25.5 Å². The van der Waals surface area contributed by atoms with E-state index in [0.717, 1.165) is 5.56 Å². The van der Waals surface area contributed by atoms with Crippen molar-refractivity contribution in [3.63, 3.8) is 0 Å². The van der Waals surface area contributed by atoms with Gasteiger partial charge in [-0.15, -0.1) is 0 Å². The van der Waals surface area contributed by atoms with Gasteiger partial charge in [-0.25, -0.2) is 0 Å². The maximum Gasteiger partial charge on any atom is 0.405 e. The van der Waals surface area contributed by atoms with Crippen molar-refractivity contribution in [1.29, 1.82) is 0 Å². The minimum Gasteiger partial charge on any atom is -0.346 e. The Hall–Kier alpha value is -1.08. The minimum atomic E-state index is -4.38. The SMILES string of the molecule is CC(NC(C)c1ccsc1)C(=O)NCC(F)(F)F. The largest absolute Gasteiger partial charge is 0.405 e. The maximum absolute atomic E-state index is 11.9. The molecular formula is C11H15F3N2OS. The number of carbonyl (C=O) groups excluding carboxylic acids is 1. The van der Waals surface area contributed by atoms with Crippen LogP contribution in [0.4, 0.5) is 13.2 Å². The first-order chi connectivity index (χ1) is 8.29. The van der Waals surface area contributed by atoms with Crippen LogP contribution in [0.2, 0.25) is 0 Å². The smallest absolute Gasteiger partial charge is 0.346 e. The summed E-state index contributed by atoms with van der Waals surface area (Å²) in [5.74, 6) is -0.658. The van der Waals surface area contributed by atoms with Gasteiger partial charge in [0.2, 0.25) is 5.91 Å². The van der Waals surface area contributed by atoms with E-state index in [4.69, 9.17) is 0 Å². The lowest BCUT2D eigenvalue weighted by Crippen LogP contribution is -2.45. The molecule has 0 saturated carbocycles. The summed E-state index contributed by atoms with van der Waals surface area (Å²) < 4.78 is 35.8. The van der Waals surface area contributed by atoms with Crippen molar-refractivity contribution in [3.05, 3.63) is 22.4 Å². The second-order valence-electron chi connectivity index (χ2n) is 4.00. The van der Waals surface area contributed by atoms with Gasteiger partial charge in [-0.1, -0.05) is 0 Å². The molecule has 1 aromatic rings. The fourth-order valence-corrected chi connectivity index (χ4v) is 2.16. The Bertz CT molecular complexity index is 378. The molecule has 0 fully saturated rings. The number of thiophene rings is 1. The topological polar surface area (TPSA) is 41.1 Å². The molecule has 1 heterocycles. The molecule has 3 nitrogen and oxygen atoms in total. The highest BCUT2D eigenvalue weighted by Gasteiger charge is 2.28. The molecule has 2 atom stereocenters. The Balaban J connectivity index is 2.40. The number of hydrogen-bond donors (Lipinski definition) is 2. The Morgan fingerprint density at radius 3 is 2.61 bits per heavy atom. The van der Waals surface area contributed by atoms with Gasteiger partial charge in [-0.3, -0.25) is 10.1 Å². The molecule has 1 aromatic heterocycles. The van der Waals surface area contributed by atoms with Crippen molar-refractivity contribution in [1.82, 2.24) is 10.6 Å². The highest BCUT2D eigenvalue weighted by atomic mass is 32.1. The summed E-state index contributed by atoms with van der Waals surface area (Å²) in [6.45, 7) is 2.09. The maximum atomic E-state index is 11.9. The molecule has 18 heavy (non-hydrogen) atoms. The second-order valence-corrected chi connectivity index (χ2v) is 4.78. The number of amides is 1. The first-order valence-electron chi connectivity index (χ1n) is 5.42. The van der Waals surface area contributed by atoms with Crippen molar-refractivity contribution in [2.45, 2.75) is 32.1 Å². The molecule has 1 rings (SSSR count). The number of nitrogens with one attached hydrogen (secondary N) is 2. The molecule has 0 aliphatic heterocycles. The summed E-state index contributed by atoms with van der Waals surface area (Å²) in [5, 5.41) is 8.63. The highest BCUT2D eigenvalue weighted by Crippen LogP contribution is 2.16. The predicted octanol–water partition coefficient (Wildman–Crippen LogP) is 2.47. The molecule has 7 heteroatoms. The van der Waals surface area contributed by atoms with E-state index in [2.05, 4.69) is 5.32 Å². The monoisotopic (exact) mass is 280 g/mol. The lowest BCUT2D eigenvalue weighted by atomic mass is 10.1. The van der Waals surface area contributed by atoms with Gasteiger partial charge in [-0.2, -0.15) is 24.5 Å². The van der Waals surface area contributed by atoms with Crippen LogP contribution in [0, 0.1) is 0 Å². The molecule has 0 aromatic carbocycles. The van der Waals surface area contributed by atoms with Crippen LogP contribution < -0.4 is 10.6 Å². The Kier molecular flexibility index (Phi) is 5.15. The van der Waals surface area contributed by atoms with E-state index < -0.39 is 24.7 Å². The minimum absolute atomic E-state index is 0.0807. The number of hydrogen-bond acceptors (Lipinski definition) is 3. The van der Waals surface area contributed by atoms with Crippen LogP contribution in [0.25, 0.3) is 0 Å². The predicted molar refractivity (Wildman–Crippen MR) is 64.4 cm³/mol. The third-order valence-corrected chi connectivity index (χ3v) is 3.10. The van der Waals surface area contributed by atoms with Crippen molar-refractivity contribution < 1.29 is 18.0 Å². The van der Waals surface area contributed by atoms with E-state index in [1.54, 1.807) is 0 Å². The van der Waals surface area contributed by atoms with Crippen molar-refractivity contribution in [3.8, 4) is 0 Å². The summed E-state index contributed by atoms with van der Waals surface area (Å²) in [4.78, 5) is 11.4. The molecule has 1 amide bonds. The van der Waals surface area contributed by atoms with Gasteiger partial charge in [0.05, 0.1) is 6.04 Å². The van der Waals surface area contributed by atoms with E-state index in [1.165, 1.54) is 18.3 Å². The molecule has 0 aliphatic carbocycles. The third kappa shape index (κ3) is 5.05. The fourth-order valence-electron chi connectivity index (χ4n) is 1.41. The quantitative estimate of drug-likeness (QED) is 0.870. The molecule has 102 valence electrons. The van der Waals surface area contributed by atoms with E-state index in [9.17, 15) is 18.0 Å². The van der Waals surface area contributed by atoms with Crippen LogP contribution in [0.3, 0.4) is 0 Å². The van der Waals surface area contributed by atoms with E-state index in [-0.39, 0.29) is 6.04 Å². The van der Waals surface area contributed by atoms with E-state index in [0.29, 0.717) is 0 Å². The molecule has 2 unspecified atom stereocenters. The van der Waals surface area contributed by atoms with Crippen LogP contribution in [-0.4, -0.2) is 24.7 Å². The number of halogens is 3. The zero-order valence-corrected chi connectivity index (χ0v) is 10.9. The number of carbonyl (C=O) groups is 1. The van der Waals surface area contributed by atoms with Gasteiger partial charge in [0.1, 0.15) is 6.54 Å². The Morgan fingerprint density at radius 2 is 2.11 bits per heavy atom. The van der Waals surface area contributed by atoms with Crippen LogP contribution in [0.5, 0.6) is 0 Å². The molecule has 0 aliphatic rings. The fraction of sp³-hybridized carbons (Fsp3) is 0.545. The molecular weight excluding hydrogens is 265 g/mol. The molecule has 0 saturated heterocycles. The van der Waals surface area contributed by atoms with Crippen LogP contribution >= 0.6 is 11.3 Å². The van der Waals surface area contributed by atoms with Crippen molar-refractivity contribution in [2.75, 3.05) is 6.54 Å². The van der Waals surface area contributed by atoms with Crippen molar-refractivity contribution in [2.24, 2.45) is 0 Å². The van der Waals surface area contributed by atoms with Gasteiger partial charge >= 0.3 is 6.18 Å². The van der Waals surface area contributed by atoms with Gasteiger partial charge in [-0.05, 0) is 36.2 Å². The zero-order chi connectivity index (χ0) is 13.8. The lowest BCUT2D eigenvalue weighted by molar-refractivity contribution is -0.139. The average molecular weight is 280 g/mol. The van der Waals surface area contributed by atoms with Crippen LogP contribution in [-0.2, 0) is 4.79 Å².